The van der Waals surface area contributed by atoms with Crippen molar-refractivity contribution < 1.29 is 4.79 Å². The zero-order valence-electron chi connectivity index (χ0n) is 12.3. The minimum absolute atomic E-state index is 0.125. The molecule has 0 saturated carbocycles. The van der Waals surface area contributed by atoms with Crippen molar-refractivity contribution >= 4 is 29.0 Å². The Kier molecular flexibility index (Phi) is 4.31. The van der Waals surface area contributed by atoms with Gasteiger partial charge in [0.25, 0.3) is 0 Å². The molecule has 6 heteroatoms. The topological polar surface area (TPSA) is 39.7 Å². The van der Waals surface area contributed by atoms with Crippen molar-refractivity contribution in [3.8, 4) is 0 Å². The lowest BCUT2D eigenvalue weighted by atomic mass is 10.1. The zero-order chi connectivity index (χ0) is 14.8. The van der Waals surface area contributed by atoms with Crippen LogP contribution in [0, 0.1) is 5.92 Å². The molecule has 1 atom stereocenters. The number of piperazine rings is 1. The van der Waals surface area contributed by atoms with Gasteiger partial charge in [0, 0.05) is 45.0 Å². The van der Waals surface area contributed by atoms with Gasteiger partial charge in [-0.2, -0.15) is 0 Å². The summed E-state index contributed by atoms with van der Waals surface area (Å²) in [5, 5.41) is 0. The second-order valence-electron chi connectivity index (χ2n) is 5.89. The van der Waals surface area contributed by atoms with Gasteiger partial charge in [-0.05, 0) is 25.1 Å². The highest BCUT2D eigenvalue weighted by Crippen LogP contribution is 2.25. The Labute approximate surface area is 130 Å². The number of carbonyl (C=O) groups is 1. The molecule has 1 aromatic rings. The van der Waals surface area contributed by atoms with Crippen LogP contribution in [0.4, 0.5) is 11.5 Å². The Balaban J connectivity index is 1.68. The van der Waals surface area contributed by atoms with Crippen LogP contribution >= 0.6 is 11.6 Å². The van der Waals surface area contributed by atoms with Crippen LogP contribution in [0.3, 0.4) is 0 Å². The molecular formula is C15H21ClN4O. The first-order valence-corrected chi connectivity index (χ1v) is 7.96. The molecule has 2 aliphatic rings. The standard InChI is InChI=1S/C15H21ClN4O/c1-18-4-6-19(7-5-18)13-2-3-14(17-10-13)20-11-12(9-16)8-15(20)21/h2-3,10,12H,4-9,11H2,1H3. The third kappa shape index (κ3) is 3.14. The molecule has 2 fully saturated rings. The monoisotopic (exact) mass is 308 g/mol. The van der Waals surface area contributed by atoms with Crippen molar-refractivity contribution in [1.82, 2.24) is 9.88 Å². The van der Waals surface area contributed by atoms with E-state index in [4.69, 9.17) is 11.6 Å². The van der Waals surface area contributed by atoms with E-state index < -0.39 is 0 Å². The second-order valence-corrected chi connectivity index (χ2v) is 6.20. The maximum Gasteiger partial charge on any atom is 0.228 e. The normalized spacial score (nSPS) is 23.9. The summed E-state index contributed by atoms with van der Waals surface area (Å²) in [5.74, 6) is 1.64. The summed E-state index contributed by atoms with van der Waals surface area (Å²) in [6, 6.07) is 4.01. The number of aromatic nitrogens is 1. The average molecular weight is 309 g/mol. The molecule has 2 aliphatic heterocycles. The van der Waals surface area contributed by atoms with E-state index in [1.54, 1.807) is 4.90 Å². The summed E-state index contributed by atoms with van der Waals surface area (Å²) in [6.45, 7) is 4.87. The minimum Gasteiger partial charge on any atom is -0.368 e. The molecule has 2 saturated heterocycles. The lowest BCUT2D eigenvalue weighted by Crippen LogP contribution is -2.44. The summed E-state index contributed by atoms with van der Waals surface area (Å²) in [6.07, 6.45) is 2.41. The molecule has 3 rings (SSSR count). The van der Waals surface area contributed by atoms with Gasteiger partial charge in [0.1, 0.15) is 5.82 Å². The van der Waals surface area contributed by atoms with Gasteiger partial charge in [-0.25, -0.2) is 4.98 Å². The first-order valence-electron chi connectivity index (χ1n) is 7.43. The van der Waals surface area contributed by atoms with Crippen LogP contribution in [0.2, 0.25) is 0 Å². The van der Waals surface area contributed by atoms with Crippen LogP contribution < -0.4 is 9.80 Å². The zero-order valence-corrected chi connectivity index (χ0v) is 13.1. The fourth-order valence-corrected chi connectivity index (χ4v) is 3.10. The summed E-state index contributed by atoms with van der Waals surface area (Å²) in [7, 11) is 2.14. The lowest BCUT2D eigenvalue weighted by molar-refractivity contribution is -0.117. The van der Waals surface area contributed by atoms with Crippen LogP contribution in [0.5, 0.6) is 0 Å². The number of hydrogen-bond donors (Lipinski definition) is 0. The van der Waals surface area contributed by atoms with Gasteiger partial charge in [-0.3, -0.25) is 9.69 Å². The predicted octanol–water partition coefficient (Wildman–Crippen LogP) is 1.43. The predicted molar refractivity (Wildman–Crippen MR) is 85.1 cm³/mol. The molecule has 5 nitrogen and oxygen atoms in total. The maximum absolute atomic E-state index is 12.0. The van der Waals surface area contributed by atoms with E-state index in [0.29, 0.717) is 18.8 Å². The molecule has 114 valence electrons. The number of likely N-dealkylation sites (N-methyl/N-ethyl adjacent to an activating group) is 1. The smallest absolute Gasteiger partial charge is 0.228 e. The third-order valence-electron chi connectivity index (χ3n) is 4.30. The molecule has 21 heavy (non-hydrogen) atoms. The highest BCUT2D eigenvalue weighted by molar-refractivity contribution is 6.18. The van der Waals surface area contributed by atoms with Gasteiger partial charge in [0.05, 0.1) is 11.9 Å². The highest BCUT2D eigenvalue weighted by atomic mass is 35.5. The molecule has 0 N–H and O–H groups in total. The van der Waals surface area contributed by atoms with Crippen molar-refractivity contribution in [1.29, 1.82) is 0 Å². The van der Waals surface area contributed by atoms with E-state index in [0.717, 1.165) is 37.7 Å². The van der Waals surface area contributed by atoms with Crippen molar-refractivity contribution in [2.24, 2.45) is 5.92 Å². The largest absolute Gasteiger partial charge is 0.368 e. The molecule has 0 aromatic carbocycles. The Morgan fingerprint density at radius 3 is 2.62 bits per heavy atom. The number of pyridine rings is 1. The Hall–Kier alpha value is -1.33. The number of halogens is 1. The number of rotatable bonds is 3. The molecule has 0 radical (unpaired) electrons. The van der Waals surface area contributed by atoms with Crippen LogP contribution in [-0.2, 0) is 4.79 Å². The van der Waals surface area contributed by atoms with Crippen molar-refractivity contribution in [2.45, 2.75) is 6.42 Å². The van der Waals surface area contributed by atoms with E-state index in [1.807, 2.05) is 12.3 Å². The number of alkyl halides is 1. The highest BCUT2D eigenvalue weighted by Gasteiger charge is 2.30. The quantitative estimate of drug-likeness (QED) is 0.792. The Morgan fingerprint density at radius 1 is 1.29 bits per heavy atom. The van der Waals surface area contributed by atoms with Gasteiger partial charge in [-0.15, -0.1) is 11.6 Å². The summed E-state index contributed by atoms with van der Waals surface area (Å²) < 4.78 is 0. The fraction of sp³-hybridized carbons (Fsp3) is 0.600. The molecule has 0 spiro atoms. The van der Waals surface area contributed by atoms with Crippen LogP contribution in [0.25, 0.3) is 0 Å². The van der Waals surface area contributed by atoms with Crippen LogP contribution in [0.1, 0.15) is 6.42 Å². The first kappa shape index (κ1) is 14.6. The van der Waals surface area contributed by atoms with E-state index in [-0.39, 0.29) is 11.8 Å². The molecule has 3 heterocycles. The first-order chi connectivity index (χ1) is 10.2. The van der Waals surface area contributed by atoms with E-state index >= 15 is 0 Å². The molecular weight excluding hydrogens is 288 g/mol. The van der Waals surface area contributed by atoms with Gasteiger partial charge >= 0.3 is 0 Å². The number of carbonyl (C=O) groups excluding carboxylic acids is 1. The van der Waals surface area contributed by atoms with Gasteiger partial charge in [-0.1, -0.05) is 0 Å². The maximum atomic E-state index is 12.0. The van der Waals surface area contributed by atoms with Crippen LogP contribution in [-0.4, -0.2) is 61.4 Å². The van der Waals surface area contributed by atoms with Crippen molar-refractivity contribution in [3.05, 3.63) is 18.3 Å². The van der Waals surface area contributed by atoms with Gasteiger partial charge < -0.3 is 9.80 Å². The number of amides is 1. The molecule has 1 aromatic heterocycles. The number of nitrogens with zero attached hydrogens (tertiary/aromatic N) is 4. The van der Waals surface area contributed by atoms with Crippen molar-refractivity contribution in [2.75, 3.05) is 55.5 Å². The summed E-state index contributed by atoms with van der Waals surface area (Å²) >= 11 is 5.85. The molecule has 1 unspecified atom stereocenters. The van der Waals surface area contributed by atoms with E-state index in [1.165, 1.54) is 0 Å². The van der Waals surface area contributed by atoms with Crippen LogP contribution in [0.15, 0.2) is 18.3 Å². The van der Waals surface area contributed by atoms with Gasteiger partial charge in [0.2, 0.25) is 5.91 Å². The van der Waals surface area contributed by atoms with E-state index in [2.05, 4.69) is 27.9 Å². The fourth-order valence-electron chi connectivity index (χ4n) is 2.90. The Morgan fingerprint density at radius 2 is 2.05 bits per heavy atom. The second kappa shape index (κ2) is 6.20. The summed E-state index contributed by atoms with van der Waals surface area (Å²) in [5.41, 5.74) is 1.13. The minimum atomic E-state index is 0.125. The number of hydrogen-bond acceptors (Lipinski definition) is 4. The van der Waals surface area contributed by atoms with E-state index in [9.17, 15) is 4.79 Å². The Bertz CT molecular complexity index is 499. The lowest BCUT2D eigenvalue weighted by Gasteiger charge is -2.33. The average Bonchev–Trinajstić information content (AvgIpc) is 2.89. The third-order valence-corrected chi connectivity index (χ3v) is 4.74. The van der Waals surface area contributed by atoms with Crippen molar-refractivity contribution in [3.63, 3.8) is 0 Å². The molecule has 1 amide bonds. The summed E-state index contributed by atoms with van der Waals surface area (Å²) in [4.78, 5) is 22.9. The molecule has 0 aliphatic carbocycles. The SMILES string of the molecule is CN1CCN(c2ccc(N3CC(CCl)CC3=O)nc2)CC1. The molecule has 0 bridgehead atoms. The van der Waals surface area contributed by atoms with Gasteiger partial charge in [0.15, 0.2) is 0 Å². The number of anilines is 2.